The number of rotatable bonds is 5. The van der Waals surface area contributed by atoms with Gasteiger partial charge in [0.2, 0.25) is 0 Å². The van der Waals surface area contributed by atoms with Gasteiger partial charge in [0.25, 0.3) is 0 Å². The number of hydrogen-bond acceptors (Lipinski definition) is 2. The van der Waals surface area contributed by atoms with Crippen molar-refractivity contribution in [2.45, 2.75) is 45.4 Å². The molecule has 1 aromatic heterocycles. The number of nitrogens with two attached hydrogens (primary N) is 1. The van der Waals surface area contributed by atoms with Gasteiger partial charge in [0, 0.05) is 12.6 Å². The highest BCUT2D eigenvalue weighted by Crippen LogP contribution is 2.34. The molecule has 2 rings (SSSR count). The molecular weight excluding hydrogens is 186 g/mol. The van der Waals surface area contributed by atoms with Gasteiger partial charge in [-0.1, -0.05) is 26.2 Å². The quantitative estimate of drug-likeness (QED) is 0.805. The summed E-state index contributed by atoms with van der Waals surface area (Å²) < 4.78 is 1.83. The second kappa shape index (κ2) is 4.25. The van der Waals surface area contributed by atoms with E-state index in [2.05, 4.69) is 12.0 Å². The van der Waals surface area contributed by atoms with E-state index in [-0.39, 0.29) is 0 Å². The monoisotopic (exact) mass is 207 g/mol. The van der Waals surface area contributed by atoms with E-state index >= 15 is 0 Å². The summed E-state index contributed by atoms with van der Waals surface area (Å²) in [7, 11) is 1.94. The van der Waals surface area contributed by atoms with Crippen LogP contribution in [0.4, 0.5) is 5.82 Å². The summed E-state index contributed by atoms with van der Waals surface area (Å²) in [5.41, 5.74) is 8.54. The molecule has 0 amide bonds. The van der Waals surface area contributed by atoms with E-state index in [1.807, 2.05) is 11.7 Å². The Labute approximate surface area is 91.7 Å². The van der Waals surface area contributed by atoms with Crippen LogP contribution in [0.2, 0.25) is 0 Å². The number of hydrogen-bond donors (Lipinski definition) is 1. The number of anilines is 1. The lowest BCUT2D eigenvalue weighted by Crippen LogP contribution is -1.99. The zero-order valence-electron chi connectivity index (χ0n) is 9.79. The lowest BCUT2D eigenvalue weighted by molar-refractivity contribution is 0.683. The van der Waals surface area contributed by atoms with E-state index in [1.54, 1.807) is 0 Å². The molecular formula is C12H21N3. The summed E-state index contributed by atoms with van der Waals surface area (Å²) in [5.74, 6) is 1.84. The molecule has 0 saturated heterocycles. The molecule has 3 heteroatoms. The molecule has 2 N–H and O–H groups in total. The fourth-order valence-electron chi connectivity index (χ4n) is 2.11. The predicted molar refractivity (Wildman–Crippen MR) is 62.7 cm³/mol. The number of aryl methyl sites for hydroxylation is 2. The lowest BCUT2D eigenvalue weighted by Gasteiger charge is -2.01. The van der Waals surface area contributed by atoms with Crippen molar-refractivity contribution >= 4 is 5.82 Å². The minimum atomic E-state index is 0.864. The van der Waals surface area contributed by atoms with Crippen molar-refractivity contribution in [3.63, 3.8) is 0 Å². The molecule has 1 aromatic rings. The second-order valence-electron chi connectivity index (χ2n) is 4.67. The lowest BCUT2D eigenvalue weighted by atomic mass is 10.1. The van der Waals surface area contributed by atoms with Gasteiger partial charge in [0.05, 0.1) is 5.69 Å². The number of aromatic nitrogens is 2. The van der Waals surface area contributed by atoms with Gasteiger partial charge < -0.3 is 5.73 Å². The fourth-order valence-corrected chi connectivity index (χ4v) is 2.11. The first kappa shape index (κ1) is 10.5. The maximum atomic E-state index is 6.01. The summed E-state index contributed by atoms with van der Waals surface area (Å²) in [6, 6.07) is 0. The molecule has 0 aromatic carbocycles. The van der Waals surface area contributed by atoms with Gasteiger partial charge in [-0.15, -0.1) is 0 Å². The molecule has 0 bridgehead atoms. The van der Waals surface area contributed by atoms with Crippen molar-refractivity contribution in [3.8, 4) is 0 Å². The largest absolute Gasteiger partial charge is 0.384 e. The molecule has 0 radical (unpaired) electrons. The van der Waals surface area contributed by atoms with Gasteiger partial charge in [-0.2, -0.15) is 5.10 Å². The minimum Gasteiger partial charge on any atom is -0.384 e. The van der Waals surface area contributed by atoms with Crippen LogP contribution in [0.5, 0.6) is 0 Å². The maximum absolute atomic E-state index is 6.01. The topological polar surface area (TPSA) is 43.8 Å². The number of nitrogen functional groups attached to an aromatic ring is 1. The smallest absolute Gasteiger partial charge is 0.124 e. The van der Waals surface area contributed by atoms with Crippen LogP contribution in [0.15, 0.2) is 0 Å². The Balaban J connectivity index is 2.08. The van der Waals surface area contributed by atoms with Gasteiger partial charge in [-0.25, -0.2) is 0 Å². The van der Waals surface area contributed by atoms with Crippen LogP contribution in [-0.4, -0.2) is 9.78 Å². The average Bonchev–Trinajstić information content (AvgIpc) is 2.99. The van der Waals surface area contributed by atoms with E-state index in [0.717, 1.165) is 31.0 Å². The summed E-state index contributed by atoms with van der Waals surface area (Å²) in [6.07, 6.45) is 7.47. The summed E-state index contributed by atoms with van der Waals surface area (Å²) in [6.45, 7) is 2.19. The van der Waals surface area contributed by atoms with Crippen molar-refractivity contribution in [1.29, 1.82) is 0 Å². The summed E-state index contributed by atoms with van der Waals surface area (Å²) in [4.78, 5) is 0. The molecule has 3 nitrogen and oxygen atoms in total. The van der Waals surface area contributed by atoms with Gasteiger partial charge in [0.1, 0.15) is 5.82 Å². The predicted octanol–water partition coefficient (Wildman–Crippen LogP) is 2.30. The fraction of sp³-hybridized carbons (Fsp3) is 0.750. The maximum Gasteiger partial charge on any atom is 0.124 e. The second-order valence-corrected chi connectivity index (χ2v) is 4.67. The molecule has 0 unspecified atom stereocenters. The first-order valence-corrected chi connectivity index (χ1v) is 6.02. The molecule has 1 aliphatic carbocycles. The van der Waals surface area contributed by atoms with Crippen molar-refractivity contribution in [2.24, 2.45) is 13.0 Å². The molecule has 1 saturated carbocycles. The van der Waals surface area contributed by atoms with E-state index in [0.29, 0.717) is 0 Å². The standard InChI is InChI=1S/C12H21N3/c1-3-4-10-11(8-7-9-5-6-9)14-15(2)12(10)13/h9H,3-8,13H2,1-2H3. The van der Waals surface area contributed by atoms with Crippen LogP contribution >= 0.6 is 0 Å². The molecule has 1 aliphatic rings. The molecule has 84 valence electrons. The van der Waals surface area contributed by atoms with Gasteiger partial charge >= 0.3 is 0 Å². The van der Waals surface area contributed by atoms with Crippen molar-refractivity contribution in [2.75, 3.05) is 5.73 Å². The summed E-state index contributed by atoms with van der Waals surface area (Å²) >= 11 is 0. The zero-order valence-corrected chi connectivity index (χ0v) is 9.79. The van der Waals surface area contributed by atoms with Crippen molar-refractivity contribution < 1.29 is 0 Å². The third-order valence-electron chi connectivity index (χ3n) is 3.26. The van der Waals surface area contributed by atoms with E-state index in [1.165, 1.54) is 30.5 Å². The van der Waals surface area contributed by atoms with Gasteiger partial charge in [0.15, 0.2) is 0 Å². The Kier molecular flexibility index (Phi) is 2.98. The first-order chi connectivity index (χ1) is 7.22. The normalized spacial score (nSPS) is 15.9. The Hall–Kier alpha value is -0.990. The molecule has 0 atom stereocenters. The van der Waals surface area contributed by atoms with Crippen molar-refractivity contribution in [1.82, 2.24) is 9.78 Å². The zero-order chi connectivity index (χ0) is 10.8. The van der Waals surface area contributed by atoms with E-state index < -0.39 is 0 Å². The SMILES string of the molecule is CCCc1c(CCC2CC2)nn(C)c1N. The third kappa shape index (κ3) is 2.33. The van der Waals surface area contributed by atoms with Crippen LogP contribution in [0, 0.1) is 5.92 Å². The van der Waals surface area contributed by atoms with Crippen LogP contribution in [-0.2, 0) is 19.9 Å². The molecule has 0 aliphatic heterocycles. The van der Waals surface area contributed by atoms with Gasteiger partial charge in [-0.05, 0) is 25.2 Å². The highest BCUT2D eigenvalue weighted by Gasteiger charge is 2.22. The molecule has 0 spiro atoms. The van der Waals surface area contributed by atoms with Crippen molar-refractivity contribution in [3.05, 3.63) is 11.3 Å². The number of nitrogens with zero attached hydrogens (tertiary/aromatic N) is 2. The minimum absolute atomic E-state index is 0.864. The third-order valence-corrected chi connectivity index (χ3v) is 3.26. The van der Waals surface area contributed by atoms with E-state index in [4.69, 9.17) is 5.73 Å². The highest BCUT2D eigenvalue weighted by atomic mass is 15.3. The summed E-state index contributed by atoms with van der Waals surface area (Å²) in [5, 5.41) is 4.52. The Morgan fingerprint density at radius 1 is 1.40 bits per heavy atom. The van der Waals surface area contributed by atoms with Crippen LogP contribution in [0.3, 0.4) is 0 Å². The van der Waals surface area contributed by atoms with Crippen LogP contribution in [0.25, 0.3) is 0 Å². The highest BCUT2D eigenvalue weighted by molar-refractivity contribution is 5.43. The molecule has 15 heavy (non-hydrogen) atoms. The first-order valence-electron chi connectivity index (χ1n) is 6.02. The average molecular weight is 207 g/mol. The van der Waals surface area contributed by atoms with Crippen LogP contribution < -0.4 is 5.73 Å². The van der Waals surface area contributed by atoms with E-state index in [9.17, 15) is 0 Å². The Bertz CT molecular complexity index is 337. The van der Waals surface area contributed by atoms with Gasteiger partial charge in [-0.3, -0.25) is 4.68 Å². The molecule has 1 heterocycles. The Morgan fingerprint density at radius 3 is 2.73 bits per heavy atom. The molecule has 1 fully saturated rings. The Morgan fingerprint density at radius 2 is 2.13 bits per heavy atom. The van der Waals surface area contributed by atoms with Crippen LogP contribution in [0.1, 0.15) is 43.9 Å².